The lowest BCUT2D eigenvalue weighted by molar-refractivity contribution is -0.384. The summed E-state index contributed by atoms with van der Waals surface area (Å²) >= 11 is 12.2. The highest BCUT2D eigenvalue weighted by molar-refractivity contribution is 6.35. The summed E-state index contributed by atoms with van der Waals surface area (Å²) in [4.78, 5) is 14.5. The van der Waals surface area contributed by atoms with Crippen LogP contribution in [0.2, 0.25) is 10.0 Å². The van der Waals surface area contributed by atoms with Crippen molar-refractivity contribution in [3.63, 3.8) is 0 Å². The Balaban J connectivity index is 2.04. The molecule has 5 nitrogen and oxygen atoms in total. The van der Waals surface area contributed by atoms with Gasteiger partial charge in [-0.05, 0) is 30.3 Å². The van der Waals surface area contributed by atoms with E-state index in [1.54, 1.807) is 24.4 Å². The molecule has 0 saturated heterocycles. The summed E-state index contributed by atoms with van der Waals surface area (Å²) in [5, 5.41) is 12.2. The Morgan fingerprint density at radius 3 is 2.55 bits per heavy atom. The molecule has 110 valence electrons. The van der Waals surface area contributed by atoms with Gasteiger partial charge in [-0.15, -0.1) is 0 Å². The van der Waals surface area contributed by atoms with Gasteiger partial charge in [0, 0.05) is 23.7 Å². The van der Waals surface area contributed by atoms with Crippen molar-refractivity contribution in [1.29, 1.82) is 0 Å². The quantitative estimate of drug-likeness (QED) is 0.485. The molecule has 1 heterocycles. The van der Waals surface area contributed by atoms with Gasteiger partial charge >= 0.3 is 0 Å². The van der Waals surface area contributed by atoms with E-state index in [0.29, 0.717) is 22.0 Å². The number of ether oxygens (including phenoxy) is 1. The topological polar surface area (TPSA) is 65.3 Å². The van der Waals surface area contributed by atoms with Crippen LogP contribution in [0.3, 0.4) is 0 Å². The van der Waals surface area contributed by atoms with E-state index in [1.165, 1.54) is 18.2 Å². The van der Waals surface area contributed by atoms with E-state index in [2.05, 4.69) is 4.98 Å². The third-order valence-electron chi connectivity index (χ3n) is 3.03. The predicted octanol–water partition coefficient (Wildman–Crippen LogP) is 5.24. The van der Waals surface area contributed by atoms with Gasteiger partial charge in [-0.2, -0.15) is 0 Å². The van der Waals surface area contributed by atoms with Gasteiger partial charge in [0.2, 0.25) is 0 Å². The van der Waals surface area contributed by atoms with Crippen molar-refractivity contribution in [2.24, 2.45) is 0 Å². The number of pyridine rings is 1. The molecule has 0 aliphatic carbocycles. The zero-order valence-corrected chi connectivity index (χ0v) is 12.5. The zero-order chi connectivity index (χ0) is 15.7. The number of nitro groups is 1. The first-order valence-corrected chi connectivity index (χ1v) is 6.97. The fraction of sp³-hybridized carbons (Fsp3) is 0. The van der Waals surface area contributed by atoms with Crippen LogP contribution in [0.15, 0.2) is 48.7 Å². The molecule has 0 saturated carbocycles. The molecule has 3 aromatic rings. The molecule has 0 radical (unpaired) electrons. The number of nitrogens with zero attached hydrogens (tertiary/aromatic N) is 2. The third-order valence-corrected chi connectivity index (χ3v) is 3.65. The Hall–Kier alpha value is -2.37. The van der Waals surface area contributed by atoms with Crippen LogP contribution in [0.5, 0.6) is 11.5 Å². The number of non-ortho nitro benzene ring substituents is 1. The van der Waals surface area contributed by atoms with E-state index in [1.807, 2.05) is 6.07 Å². The Morgan fingerprint density at radius 2 is 1.82 bits per heavy atom. The van der Waals surface area contributed by atoms with Crippen molar-refractivity contribution in [2.45, 2.75) is 0 Å². The van der Waals surface area contributed by atoms with Crippen molar-refractivity contribution in [1.82, 2.24) is 4.98 Å². The van der Waals surface area contributed by atoms with Crippen molar-refractivity contribution in [3.05, 3.63) is 68.8 Å². The molecule has 0 N–H and O–H groups in total. The van der Waals surface area contributed by atoms with E-state index in [-0.39, 0.29) is 10.7 Å². The average Bonchev–Trinajstić information content (AvgIpc) is 2.52. The molecule has 0 amide bonds. The van der Waals surface area contributed by atoms with Crippen LogP contribution in [0.4, 0.5) is 5.69 Å². The van der Waals surface area contributed by atoms with Gasteiger partial charge in [-0.1, -0.05) is 23.2 Å². The molecule has 0 bridgehead atoms. The number of halogens is 2. The molecule has 1 aromatic heterocycles. The van der Waals surface area contributed by atoms with Crippen molar-refractivity contribution in [3.8, 4) is 11.5 Å². The third kappa shape index (κ3) is 2.68. The SMILES string of the molecule is O=[N+]([O-])c1ccc(Oc2ccc(Cl)c3cccnc23)c(Cl)c1. The van der Waals surface area contributed by atoms with Gasteiger partial charge in [0.25, 0.3) is 5.69 Å². The summed E-state index contributed by atoms with van der Waals surface area (Å²) in [5.41, 5.74) is 0.487. The summed E-state index contributed by atoms with van der Waals surface area (Å²) in [6.07, 6.45) is 1.63. The smallest absolute Gasteiger partial charge is 0.271 e. The van der Waals surface area contributed by atoms with Crippen molar-refractivity contribution in [2.75, 3.05) is 0 Å². The van der Waals surface area contributed by atoms with Crippen LogP contribution < -0.4 is 4.74 Å². The maximum atomic E-state index is 10.7. The van der Waals surface area contributed by atoms with Crippen LogP contribution in [-0.4, -0.2) is 9.91 Å². The second-order valence-corrected chi connectivity index (χ2v) is 5.23. The van der Waals surface area contributed by atoms with Gasteiger partial charge in [0.05, 0.1) is 15.0 Å². The molecule has 0 spiro atoms. The second kappa shape index (κ2) is 5.79. The lowest BCUT2D eigenvalue weighted by Crippen LogP contribution is -1.91. The van der Waals surface area contributed by atoms with E-state index in [4.69, 9.17) is 27.9 Å². The van der Waals surface area contributed by atoms with Gasteiger partial charge in [0.15, 0.2) is 5.75 Å². The molecule has 0 fully saturated rings. The summed E-state index contributed by atoms with van der Waals surface area (Å²) in [6, 6.07) is 11.0. The number of hydrogen-bond donors (Lipinski definition) is 0. The number of hydrogen-bond acceptors (Lipinski definition) is 4. The molecule has 0 aliphatic rings. The van der Waals surface area contributed by atoms with E-state index in [0.717, 1.165) is 5.39 Å². The Kier molecular flexibility index (Phi) is 3.83. The van der Waals surface area contributed by atoms with Gasteiger partial charge < -0.3 is 4.74 Å². The summed E-state index contributed by atoms with van der Waals surface area (Å²) < 4.78 is 5.74. The minimum Gasteiger partial charge on any atom is -0.453 e. The van der Waals surface area contributed by atoms with Crippen LogP contribution in [0, 0.1) is 10.1 Å². The van der Waals surface area contributed by atoms with Crippen LogP contribution in [0.25, 0.3) is 10.9 Å². The number of fused-ring (bicyclic) bond motifs is 1. The maximum Gasteiger partial charge on any atom is 0.271 e. The average molecular weight is 335 g/mol. The minimum absolute atomic E-state index is 0.101. The monoisotopic (exact) mass is 334 g/mol. The maximum absolute atomic E-state index is 10.7. The highest BCUT2D eigenvalue weighted by Gasteiger charge is 2.13. The van der Waals surface area contributed by atoms with E-state index < -0.39 is 4.92 Å². The van der Waals surface area contributed by atoms with Crippen LogP contribution in [-0.2, 0) is 0 Å². The Labute approximate surface area is 135 Å². The zero-order valence-electron chi connectivity index (χ0n) is 11.0. The van der Waals surface area contributed by atoms with Crippen molar-refractivity contribution >= 4 is 39.8 Å². The first kappa shape index (κ1) is 14.6. The van der Waals surface area contributed by atoms with Gasteiger partial charge in [-0.25, -0.2) is 0 Å². The second-order valence-electron chi connectivity index (χ2n) is 4.42. The fourth-order valence-corrected chi connectivity index (χ4v) is 2.43. The molecule has 2 aromatic carbocycles. The number of nitro benzene ring substituents is 1. The van der Waals surface area contributed by atoms with E-state index >= 15 is 0 Å². The predicted molar refractivity (Wildman–Crippen MR) is 84.9 cm³/mol. The fourth-order valence-electron chi connectivity index (χ4n) is 2.00. The number of benzene rings is 2. The molecule has 0 unspecified atom stereocenters. The largest absolute Gasteiger partial charge is 0.453 e. The van der Waals surface area contributed by atoms with Gasteiger partial charge in [-0.3, -0.25) is 15.1 Å². The lowest BCUT2D eigenvalue weighted by atomic mass is 10.2. The van der Waals surface area contributed by atoms with Crippen LogP contribution >= 0.6 is 23.2 Å². The van der Waals surface area contributed by atoms with Crippen LogP contribution in [0.1, 0.15) is 0 Å². The highest BCUT2D eigenvalue weighted by Crippen LogP contribution is 2.36. The standard InChI is InChI=1S/C15H8Cl2N2O3/c16-11-4-6-14(15-10(11)2-1-7-18-15)22-13-5-3-9(19(20)21)8-12(13)17/h1-8H. The molecular weight excluding hydrogens is 327 g/mol. The molecular formula is C15H8Cl2N2O3. The molecule has 0 aliphatic heterocycles. The molecule has 7 heteroatoms. The Morgan fingerprint density at radius 1 is 1.05 bits per heavy atom. The first-order valence-electron chi connectivity index (χ1n) is 6.21. The van der Waals surface area contributed by atoms with E-state index in [9.17, 15) is 10.1 Å². The minimum atomic E-state index is -0.519. The summed E-state index contributed by atoms with van der Waals surface area (Å²) in [7, 11) is 0. The van der Waals surface area contributed by atoms with Crippen molar-refractivity contribution < 1.29 is 9.66 Å². The number of aromatic nitrogens is 1. The first-order chi connectivity index (χ1) is 10.6. The molecule has 3 rings (SSSR count). The molecule has 0 atom stereocenters. The highest BCUT2D eigenvalue weighted by atomic mass is 35.5. The summed E-state index contributed by atoms with van der Waals surface area (Å²) in [6.45, 7) is 0. The normalized spacial score (nSPS) is 10.6. The Bertz CT molecular complexity index is 884. The lowest BCUT2D eigenvalue weighted by Gasteiger charge is -2.10. The molecule has 22 heavy (non-hydrogen) atoms. The summed E-state index contributed by atoms with van der Waals surface area (Å²) in [5.74, 6) is 0.775. The number of rotatable bonds is 3. The van der Waals surface area contributed by atoms with Gasteiger partial charge in [0.1, 0.15) is 11.3 Å².